The number of Topliss-reactive ketones (excluding diaryl/α,β-unsaturated/α-hetero) is 1. The molecule has 1 aromatic heterocycles. The third-order valence-corrected chi connectivity index (χ3v) is 8.27. The minimum atomic E-state index is -1.02. The van der Waals surface area contributed by atoms with Gasteiger partial charge < -0.3 is 14.9 Å². The molecule has 0 radical (unpaired) electrons. The van der Waals surface area contributed by atoms with E-state index in [1.54, 1.807) is 48.5 Å². The van der Waals surface area contributed by atoms with E-state index in [0.717, 1.165) is 16.9 Å². The first-order valence-corrected chi connectivity index (χ1v) is 13.5. The first-order valence-electron chi connectivity index (χ1n) is 11.3. The summed E-state index contributed by atoms with van der Waals surface area (Å²) in [6, 6.07) is 19.4. The van der Waals surface area contributed by atoms with E-state index in [0.29, 0.717) is 26.2 Å². The molecule has 11 heteroatoms. The molecule has 2 N–H and O–H groups in total. The predicted octanol–water partition coefficient (Wildman–Crippen LogP) is 5.82. The molecule has 1 aliphatic heterocycles. The molecule has 4 aromatic rings. The highest BCUT2D eigenvalue weighted by Crippen LogP contribution is 2.45. The molecule has 1 atom stereocenters. The molecular formula is C27H20ClN3O5S2. The molecule has 3 aromatic carbocycles. The minimum Gasteiger partial charge on any atom is -0.507 e. The topological polar surface area (TPSA) is 113 Å². The molecular weight excluding hydrogens is 546 g/mol. The van der Waals surface area contributed by atoms with Crippen LogP contribution in [0.5, 0.6) is 11.5 Å². The first-order chi connectivity index (χ1) is 18.4. The summed E-state index contributed by atoms with van der Waals surface area (Å²) in [4.78, 5) is 27.9. The Bertz CT molecular complexity index is 1540. The van der Waals surface area contributed by atoms with Crippen LogP contribution >= 0.6 is 34.7 Å². The van der Waals surface area contributed by atoms with Crippen molar-refractivity contribution in [3.05, 3.63) is 100 Å². The second-order valence-corrected chi connectivity index (χ2v) is 10.8. The number of hydrogen-bond donors (Lipinski definition) is 2. The number of carbonyl (C=O) groups excluding carboxylic acids is 2. The molecule has 0 saturated carbocycles. The number of hydrogen-bond acceptors (Lipinski definition) is 9. The average Bonchev–Trinajstić information content (AvgIpc) is 3.50. The Morgan fingerprint density at radius 1 is 1.08 bits per heavy atom. The Morgan fingerprint density at radius 2 is 1.82 bits per heavy atom. The van der Waals surface area contributed by atoms with Gasteiger partial charge in [-0.3, -0.25) is 14.5 Å². The number of nitrogens with zero attached hydrogens (tertiary/aromatic N) is 3. The van der Waals surface area contributed by atoms with Crippen LogP contribution in [0.3, 0.4) is 0 Å². The molecule has 1 aliphatic rings. The molecule has 0 spiro atoms. The number of aliphatic hydroxyl groups excluding tert-OH is 1. The zero-order chi connectivity index (χ0) is 26.8. The Labute approximate surface area is 231 Å². The maximum Gasteiger partial charge on any atom is 0.301 e. The lowest BCUT2D eigenvalue weighted by atomic mass is 9.95. The minimum absolute atomic E-state index is 0.0977. The number of ether oxygens (including phenoxy) is 1. The number of amides is 1. The number of thioether (sulfide) groups is 1. The third-order valence-electron chi connectivity index (χ3n) is 5.89. The SMILES string of the molecule is COc1cc(C2/C(=C(/O)c3ccccc3)C(=O)C(=O)N2c2nnc(SCc3ccc(Cl)cc3)s2)ccc1O. The van der Waals surface area contributed by atoms with E-state index in [2.05, 4.69) is 10.2 Å². The molecule has 1 amide bonds. The number of anilines is 1. The number of phenols is 1. The van der Waals surface area contributed by atoms with Gasteiger partial charge in [0.25, 0.3) is 5.78 Å². The van der Waals surface area contributed by atoms with E-state index >= 15 is 0 Å². The molecule has 5 rings (SSSR count). The van der Waals surface area contributed by atoms with Crippen LogP contribution in [0.2, 0.25) is 5.02 Å². The van der Waals surface area contributed by atoms with Crippen molar-refractivity contribution in [1.29, 1.82) is 0 Å². The van der Waals surface area contributed by atoms with E-state index in [1.807, 2.05) is 12.1 Å². The highest BCUT2D eigenvalue weighted by molar-refractivity contribution is 8.00. The molecule has 1 saturated heterocycles. The van der Waals surface area contributed by atoms with Crippen LogP contribution in [0.4, 0.5) is 5.13 Å². The van der Waals surface area contributed by atoms with Crippen molar-refractivity contribution in [3.8, 4) is 11.5 Å². The Kier molecular flexibility index (Phi) is 7.37. The summed E-state index contributed by atoms with van der Waals surface area (Å²) in [6.07, 6.45) is 0. The highest BCUT2D eigenvalue weighted by Gasteiger charge is 2.48. The second kappa shape index (κ2) is 10.9. The summed E-state index contributed by atoms with van der Waals surface area (Å²) in [5.41, 5.74) is 1.77. The van der Waals surface area contributed by atoms with Gasteiger partial charge >= 0.3 is 5.91 Å². The standard InChI is InChI=1S/C27H20ClN3O5S2/c1-36-20-13-17(9-12-19(20)32)22-21(23(33)16-5-3-2-4-6-16)24(34)25(35)31(22)26-29-30-27(38-26)37-14-15-7-10-18(28)11-8-15/h2-13,22,32-33H,14H2,1H3/b23-21-. The Hall–Kier alpha value is -3.86. The van der Waals surface area contributed by atoms with Gasteiger partial charge in [0, 0.05) is 16.3 Å². The summed E-state index contributed by atoms with van der Waals surface area (Å²) in [5, 5.41) is 30.6. The lowest BCUT2D eigenvalue weighted by molar-refractivity contribution is -0.132. The van der Waals surface area contributed by atoms with Crippen molar-refractivity contribution in [2.24, 2.45) is 0 Å². The highest BCUT2D eigenvalue weighted by atomic mass is 35.5. The number of aliphatic hydroxyl groups is 1. The number of phenolic OH excluding ortho intramolecular Hbond substituents is 1. The molecule has 0 aliphatic carbocycles. The third kappa shape index (κ3) is 4.98. The number of aromatic nitrogens is 2. The van der Waals surface area contributed by atoms with Crippen LogP contribution < -0.4 is 9.64 Å². The van der Waals surface area contributed by atoms with Crippen molar-refractivity contribution >= 4 is 57.3 Å². The normalized spacial score (nSPS) is 16.7. The van der Waals surface area contributed by atoms with Crippen LogP contribution in [0, 0.1) is 0 Å². The van der Waals surface area contributed by atoms with Crippen molar-refractivity contribution in [1.82, 2.24) is 10.2 Å². The molecule has 2 heterocycles. The molecule has 0 bridgehead atoms. The Balaban J connectivity index is 1.56. The number of aromatic hydroxyl groups is 1. The van der Waals surface area contributed by atoms with Crippen molar-refractivity contribution in [2.75, 3.05) is 12.0 Å². The second-order valence-electron chi connectivity index (χ2n) is 8.23. The Morgan fingerprint density at radius 3 is 2.53 bits per heavy atom. The van der Waals surface area contributed by atoms with Gasteiger partial charge in [-0.1, -0.05) is 83.2 Å². The van der Waals surface area contributed by atoms with Gasteiger partial charge in [-0.2, -0.15) is 0 Å². The van der Waals surface area contributed by atoms with Crippen molar-refractivity contribution < 1.29 is 24.5 Å². The maximum atomic E-state index is 13.3. The zero-order valence-corrected chi connectivity index (χ0v) is 22.3. The number of halogens is 1. The van der Waals surface area contributed by atoms with Gasteiger partial charge in [-0.25, -0.2) is 0 Å². The first kappa shape index (κ1) is 25.8. The van der Waals surface area contributed by atoms with Crippen LogP contribution in [-0.4, -0.2) is 39.2 Å². The van der Waals surface area contributed by atoms with Crippen LogP contribution in [0.1, 0.15) is 22.7 Å². The molecule has 192 valence electrons. The van der Waals surface area contributed by atoms with E-state index in [9.17, 15) is 19.8 Å². The number of carbonyl (C=O) groups is 2. The van der Waals surface area contributed by atoms with Gasteiger partial charge in [0.2, 0.25) is 5.13 Å². The van der Waals surface area contributed by atoms with Crippen molar-refractivity contribution in [3.63, 3.8) is 0 Å². The van der Waals surface area contributed by atoms with E-state index in [1.165, 1.54) is 35.9 Å². The summed E-state index contributed by atoms with van der Waals surface area (Å²) in [6.45, 7) is 0. The number of ketones is 1. The van der Waals surface area contributed by atoms with Gasteiger partial charge in [0.15, 0.2) is 15.8 Å². The van der Waals surface area contributed by atoms with Crippen LogP contribution in [0.25, 0.3) is 5.76 Å². The maximum absolute atomic E-state index is 13.3. The quantitative estimate of drug-likeness (QED) is 0.0947. The zero-order valence-electron chi connectivity index (χ0n) is 19.9. The lowest BCUT2D eigenvalue weighted by Crippen LogP contribution is -2.29. The number of benzene rings is 3. The summed E-state index contributed by atoms with van der Waals surface area (Å²) in [5.74, 6) is -1.35. The fraction of sp³-hybridized carbons (Fsp3) is 0.111. The number of rotatable bonds is 7. The number of methoxy groups -OCH3 is 1. The average molecular weight is 566 g/mol. The van der Waals surface area contributed by atoms with Gasteiger partial charge in [0.1, 0.15) is 5.76 Å². The van der Waals surface area contributed by atoms with Crippen LogP contribution in [-0.2, 0) is 15.3 Å². The van der Waals surface area contributed by atoms with E-state index < -0.39 is 17.7 Å². The largest absolute Gasteiger partial charge is 0.507 e. The molecule has 1 fully saturated rings. The summed E-state index contributed by atoms with van der Waals surface area (Å²) < 4.78 is 5.85. The van der Waals surface area contributed by atoms with Gasteiger partial charge in [-0.15, -0.1) is 10.2 Å². The fourth-order valence-electron chi connectivity index (χ4n) is 4.04. The van der Waals surface area contributed by atoms with E-state index in [4.69, 9.17) is 16.3 Å². The molecule has 1 unspecified atom stereocenters. The summed E-state index contributed by atoms with van der Waals surface area (Å²) >= 11 is 8.56. The fourth-order valence-corrected chi connectivity index (χ4v) is 5.99. The van der Waals surface area contributed by atoms with E-state index in [-0.39, 0.29) is 28.0 Å². The lowest BCUT2D eigenvalue weighted by Gasteiger charge is -2.23. The summed E-state index contributed by atoms with van der Waals surface area (Å²) in [7, 11) is 1.40. The molecule has 38 heavy (non-hydrogen) atoms. The smallest absolute Gasteiger partial charge is 0.301 e. The van der Waals surface area contributed by atoms with Crippen LogP contribution in [0.15, 0.2) is 82.7 Å². The van der Waals surface area contributed by atoms with Crippen molar-refractivity contribution in [2.45, 2.75) is 16.1 Å². The van der Waals surface area contributed by atoms with Gasteiger partial charge in [-0.05, 0) is 35.4 Å². The predicted molar refractivity (Wildman–Crippen MR) is 147 cm³/mol. The molecule has 8 nitrogen and oxygen atoms in total. The van der Waals surface area contributed by atoms with Gasteiger partial charge in [0.05, 0.1) is 18.7 Å². The monoisotopic (exact) mass is 565 g/mol.